The van der Waals surface area contributed by atoms with Gasteiger partial charge in [0.1, 0.15) is 5.75 Å². The third kappa shape index (κ3) is 2.05. The van der Waals surface area contributed by atoms with E-state index in [0.717, 1.165) is 20.3 Å². The second kappa shape index (κ2) is 5.34. The number of ether oxygens (including phenoxy) is 1. The van der Waals surface area contributed by atoms with Crippen LogP contribution in [0.15, 0.2) is 51.6 Å². The van der Waals surface area contributed by atoms with E-state index in [0.29, 0.717) is 5.75 Å². The van der Waals surface area contributed by atoms with Gasteiger partial charge in [0.05, 0.1) is 16.2 Å². The summed E-state index contributed by atoms with van der Waals surface area (Å²) in [5.74, 6) is -0.0549. The molecule has 2 aliphatic rings. The molecule has 0 aliphatic carbocycles. The first kappa shape index (κ1) is 14.5. The van der Waals surface area contributed by atoms with Crippen LogP contribution in [0.4, 0.5) is 0 Å². The van der Waals surface area contributed by atoms with Crippen molar-refractivity contribution >= 4 is 40.4 Å². The van der Waals surface area contributed by atoms with Crippen LogP contribution in [0.5, 0.6) is 5.75 Å². The summed E-state index contributed by atoms with van der Waals surface area (Å²) in [6.07, 6.45) is 0. The number of thioether (sulfide) groups is 1. The van der Waals surface area contributed by atoms with Crippen LogP contribution in [0, 0.1) is 5.92 Å². The lowest BCUT2D eigenvalue weighted by molar-refractivity contribution is -0.140. The fourth-order valence-corrected chi connectivity index (χ4v) is 7.00. The van der Waals surface area contributed by atoms with Gasteiger partial charge in [-0.15, -0.1) is 11.3 Å². The highest BCUT2D eigenvalue weighted by atomic mass is 32.2. The molecule has 24 heavy (non-hydrogen) atoms. The van der Waals surface area contributed by atoms with E-state index in [1.54, 1.807) is 23.1 Å². The molecular weight excluding hydrogens is 362 g/mol. The van der Waals surface area contributed by atoms with Crippen molar-refractivity contribution in [2.24, 2.45) is 5.92 Å². The minimum Gasteiger partial charge on any atom is -0.426 e. The molecule has 0 spiro atoms. The van der Waals surface area contributed by atoms with Crippen molar-refractivity contribution in [3.8, 4) is 5.75 Å². The van der Waals surface area contributed by atoms with Gasteiger partial charge in [-0.3, -0.25) is 9.59 Å². The highest BCUT2D eigenvalue weighted by Crippen LogP contribution is 2.59. The van der Waals surface area contributed by atoms with Crippen molar-refractivity contribution in [1.29, 1.82) is 0 Å². The maximum absolute atomic E-state index is 12.8. The summed E-state index contributed by atoms with van der Waals surface area (Å²) in [4.78, 5) is 29.7. The Balaban J connectivity index is 1.77. The van der Waals surface area contributed by atoms with Crippen LogP contribution in [0.1, 0.15) is 26.5 Å². The standard InChI is InChI=1S/C17H11NO3S3/c19-16-12-11(8-4-1-2-5-9(8)21-16)14-15(18-17(20)24-14)23-13(12)10-6-3-7-22-10/h1-7,11-13H,(H,18,20). The van der Waals surface area contributed by atoms with Gasteiger partial charge in [0, 0.05) is 21.2 Å². The molecular formula is C17H11NO3S3. The number of aromatic amines is 1. The number of para-hydroxylation sites is 1. The predicted molar refractivity (Wildman–Crippen MR) is 95.3 cm³/mol. The zero-order chi connectivity index (χ0) is 16.3. The van der Waals surface area contributed by atoms with Crippen molar-refractivity contribution in [2.45, 2.75) is 16.2 Å². The van der Waals surface area contributed by atoms with Gasteiger partial charge in [0.2, 0.25) is 0 Å². The molecule has 1 aromatic carbocycles. The summed E-state index contributed by atoms with van der Waals surface area (Å²) in [6, 6.07) is 11.7. The number of H-pyrrole nitrogens is 1. The molecule has 0 saturated heterocycles. The molecule has 4 heterocycles. The SMILES string of the molecule is O=C1Oc2ccccc2C2c3sc(=O)[nH]c3SC(c3cccs3)C12. The van der Waals surface area contributed by atoms with E-state index in [9.17, 15) is 9.59 Å². The first-order valence-corrected chi connectivity index (χ1v) is 10.0. The minimum atomic E-state index is -0.317. The summed E-state index contributed by atoms with van der Waals surface area (Å²) in [6.45, 7) is 0. The van der Waals surface area contributed by atoms with Crippen LogP contribution in [-0.2, 0) is 4.79 Å². The van der Waals surface area contributed by atoms with Crippen molar-refractivity contribution in [1.82, 2.24) is 4.98 Å². The third-order valence-corrected chi connectivity index (χ3v) is 7.97. The Hall–Kier alpha value is -1.83. The minimum absolute atomic E-state index is 0.0476. The fourth-order valence-electron chi connectivity index (χ4n) is 3.45. The van der Waals surface area contributed by atoms with Crippen LogP contribution in [0.2, 0.25) is 0 Å². The number of benzene rings is 1. The Morgan fingerprint density at radius 2 is 1.96 bits per heavy atom. The Labute approximate surface area is 149 Å². The molecule has 0 radical (unpaired) electrons. The van der Waals surface area contributed by atoms with Gasteiger partial charge in [-0.05, 0) is 17.5 Å². The van der Waals surface area contributed by atoms with Crippen molar-refractivity contribution in [2.75, 3.05) is 0 Å². The van der Waals surface area contributed by atoms with Gasteiger partial charge in [-0.25, -0.2) is 0 Å². The molecule has 3 unspecified atom stereocenters. The van der Waals surface area contributed by atoms with Crippen LogP contribution in [0.3, 0.4) is 0 Å². The van der Waals surface area contributed by atoms with E-state index in [2.05, 4.69) is 4.98 Å². The molecule has 1 N–H and O–H groups in total. The number of aromatic nitrogens is 1. The van der Waals surface area contributed by atoms with Gasteiger partial charge < -0.3 is 9.72 Å². The molecule has 2 aliphatic heterocycles. The number of carbonyl (C=O) groups excluding carboxylic acids is 1. The molecule has 5 rings (SSSR count). The second-order valence-corrected chi connectivity index (χ2v) is 8.87. The molecule has 3 aromatic rings. The van der Waals surface area contributed by atoms with E-state index in [-0.39, 0.29) is 27.9 Å². The number of thiophene rings is 1. The Bertz CT molecular complexity index is 989. The largest absolute Gasteiger partial charge is 0.426 e. The first-order valence-electron chi connectivity index (χ1n) is 7.46. The molecule has 7 heteroatoms. The lowest BCUT2D eigenvalue weighted by Crippen LogP contribution is -2.37. The number of nitrogens with one attached hydrogen (secondary N) is 1. The summed E-state index contributed by atoms with van der Waals surface area (Å²) in [7, 11) is 0. The van der Waals surface area contributed by atoms with Gasteiger partial charge in [0.15, 0.2) is 0 Å². The molecule has 4 nitrogen and oxygen atoms in total. The van der Waals surface area contributed by atoms with E-state index < -0.39 is 0 Å². The number of fused-ring (bicyclic) bond motifs is 5. The number of carbonyl (C=O) groups is 1. The average Bonchev–Trinajstić information content (AvgIpc) is 3.22. The topological polar surface area (TPSA) is 59.2 Å². The maximum atomic E-state index is 12.8. The van der Waals surface area contributed by atoms with E-state index >= 15 is 0 Å². The smallest absolute Gasteiger partial charge is 0.316 e. The van der Waals surface area contributed by atoms with Crippen molar-refractivity contribution in [3.63, 3.8) is 0 Å². The van der Waals surface area contributed by atoms with Gasteiger partial charge in [-0.2, -0.15) is 0 Å². The lowest BCUT2D eigenvalue weighted by Gasteiger charge is -2.38. The number of hydrogen-bond acceptors (Lipinski definition) is 6. The molecule has 3 atom stereocenters. The number of hydrogen-bond donors (Lipinski definition) is 1. The number of rotatable bonds is 1. The zero-order valence-corrected chi connectivity index (χ0v) is 14.7. The average molecular weight is 373 g/mol. The van der Waals surface area contributed by atoms with Gasteiger partial charge in [-0.1, -0.05) is 47.4 Å². The summed E-state index contributed by atoms with van der Waals surface area (Å²) >= 11 is 4.40. The van der Waals surface area contributed by atoms with E-state index in [1.807, 2.05) is 41.8 Å². The molecule has 120 valence electrons. The quantitative estimate of drug-likeness (QED) is 0.517. The van der Waals surface area contributed by atoms with Crippen LogP contribution in [0.25, 0.3) is 0 Å². The summed E-state index contributed by atoms with van der Waals surface area (Å²) in [5.41, 5.74) is 0.987. The van der Waals surface area contributed by atoms with Gasteiger partial charge in [0.25, 0.3) is 0 Å². The Morgan fingerprint density at radius 3 is 2.79 bits per heavy atom. The third-order valence-electron chi connectivity index (χ3n) is 4.42. The highest BCUT2D eigenvalue weighted by Gasteiger charge is 2.49. The Kier molecular flexibility index (Phi) is 3.23. The first-order chi connectivity index (χ1) is 11.7. The maximum Gasteiger partial charge on any atom is 0.316 e. The summed E-state index contributed by atoms with van der Waals surface area (Å²) in [5, 5.41) is 2.85. The van der Waals surface area contributed by atoms with Crippen LogP contribution in [-0.4, -0.2) is 11.0 Å². The van der Waals surface area contributed by atoms with Gasteiger partial charge >= 0.3 is 10.8 Å². The molecule has 2 aromatic heterocycles. The molecule has 0 fully saturated rings. The van der Waals surface area contributed by atoms with Crippen molar-refractivity contribution < 1.29 is 9.53 Å². The van der Waals surface area contributed by atoms with Crippen LogP contribution < -0.4 is 9.61 Å². The van der Waals surface area contributed by atoms with E-state index in [4.69, 9.17) is 4.74 Å². The molecule has 0 bridgehead atoms. The monoisotopic (exact) mass is 373 g/mol. The highest BCUT2D eigenvalue weighted by molar-refractivity contribution is 7.99. The second-order valence-electron chi connectivity index (χ2n) is 5.72. The van der Waals surface area contributed by atoms with Crippen molar-refractivity contribution in [3.05, 3.63) is 66.8 Å². The van der Waals surface area contributed by atoms with Crippen LogP contribution >= 0.6 is 34.4 Å². The zero-order valence-electron chi connectivity index (χ0n) is 12.2. The fraction of sp³-hybridized carbons (Fsp3) is 0.176. The summed E-state index contributed by atoms with van der Waals surface area (Å²) < 4.78 is 5.62. The molecule has 0 amide bonds. The molecule has 0 saturated carbocycles. The Morgan fingerprint density at radius 1 is 1.08 bits per heavy atom. The normalized spacial score (nSPS) is 24.7. The lowest BCUT2D eigenvalue weighted by atomic mass is 9.80. The number of thiazole rings is 1. The number of esters is 1. The predicted octanol–water partition coefficient (Wildman–Crippen LogP) is 4.01. The van der Waals surface area contributed by atoms with E-state index in [1.165, 1.54) is 11.3 Å².